The second kappa shape index (κ2) is 9.35. The number of ether oxygens (including phenoxy) is 1. The monoisotopic (exact) mass is 446 g/mol. The minimum Gasteiger partial charge on any atom is -0.506 e. The molecule has 2 aromatic rings. The number of phenols is 1. The van der Waals surface area contributed by atoms with E-state index in [0.29, 0.717) is 0 Å². The first-order valence-corrected chi connectivity index (χ1v) is 10.4. The van der Waals surface area contributed by atoms with Crippen LogP contribution in [-0.4, -0.2) is 49.6 Å². The van der Waals surface area contributed by atoms with Crippen LogP contribution in [0.3, 0.4) is 0 Å². The molecule has 0 fully saturated rings. The molecule has 0 aliphatic rings. The van der Waals surface area contributed by atoms with Gasteiger partial charge in [-0.2, -0.15) is 17.5 Å². The summed E-state index contributed by atoms with van der Waals surface area (Å²) in [5.74, 6) is -1.10. The van der Waals surface area contributed by atoms with Crippen molar-refractivity contribution in [1.82, 2.24) is 4.31 Å². The molecule has 30 heavy (non-hydrogen) atoms. The first-order chi connectivity index (χ1) is 14.0. The minimum atomic E-state index is -4.48. The Kier molecular flexibility index (Phi) is 7.32. The van der Waals surface area contributed by atoms with Crippen molar-refractivity contribution >= 4 is 21.6 Å². The van der Waals surface area contributed by atoms with Crippen molar-refractivity contribution in [1.29, 1.82) is 0 Å². The van der Waals surface area contributed by atoms with Gasteiger partial charge in [-0.05, 0) is 42.5 Å². The van der Waals surface area contributed by atoms with E-state index in [2.05, 4.69) is 10.1 Å². The van der Waals surface area contributed by atoms with Crippen LogP contribution in [0.5, 0.6) is 11.5 Å². The van der Waals surface area contributed by atoms with Crippen LogP contribution in [-0.2, 0) is 10.0 Å². The zero-order valence-corrected chi connectivity index (χ0v) is 17.0. The third kappa shape index (κ3) is 5.86. The Labute approximate surface area is 172 Å². The molecule has 0 radical (unpaired) electrons. The van der Waals surface area contributed by atoms with E-state index in [1.54, 1.807) is 13.8 Å². The molecule has 0 aliphatic carbocycles. The van der Waals surface area contributed by atoms with E-state index >= 15 is 0 Å². The minimum absolute atomic E-state index is 0.0703. The van der Waals surface area contributed by atoms with E-state index < -0.39 is 28.7 Å². The van der Waals surface area contributed by atoms with Crippen molar-refractivity contribution in [3.63, 3.8) is 0 Å². The molecule has 0 spiro atoms. The average molecular weight is 446 g/mol. The predicted octanol–water partition coefficient (Wildman–Crippen LogP) is 3.62. The van der Waals surface area contributed by atoms with E-state index in [4.69, 9.17) is 0 Å². The van der Waals surface area contributed by atoms with Crippen LogP contribution in [0.1, 0.15) is 24.2 Å². The maximum absolute atomic E-state index is 12.6. The van der Waals surface area contributed by atoms with Gasteiger partial charge in [-0.25, -0.2) is 8.42 Å². The molecule has 2 aromatic carbocycles. The number of halogens is 3. The van der Waals surface area contributed by atoms with Crippen molar-refractivity contribution in [2.45, 2.75) is 24.9 Å². The summed E-state index contributed by atoms with van der Waals surface area (Å²) in [6.07, 6.45) is -4.48. The van der Waals surface area contributed by atoms with Gasteiger partial charge in [-0.15, -0.1) is 0 Å². The molecule has 0 aromatic heterocycles. The number of benzene rings is 2. The number of nitrogens with one attached hydrogen (secondary N) is 1. The van der Waals surface area contributed by atoms with E-state index in [1.807, 2.05) is 0 Å². The first kappa shape index (κ1) is 23.5. The fourth-order valence-electron chi connectivity index (χ4n) is 2.55. The lowest BCUT2D eigenvalue weighted by molar-refractivity contribution is -0.153. The highest BCUT2D eigenvalue weighted by molar-refractivity contribution is 7.89. The SMILES string of the molecule is CCN(CC)S(=O)(=O)c1ccc(O)c(NC(=O)c2ccc(OCC(F)(F)F)cc2)c1. The number of phenolic OH excluding ortho intramolecular Hbond substituents is 1. The number of sulfonamides is 1. The van der Waals surface area contributed by atoms with Gasteiger partial charge in [0.1, 0.15) is 11.5 Å². The zero-order chi connectivity index (χ0) is 22.5. The molecule has 0 saturated heterocycles. The molecule has 7 nitrogen and oxygen atoms in total. The molecular formula is C19H21F3N2O5S. The highest BCUT2D eigenvalue weighted by Crippen LogP contribution is 2.28. The van der Waals surface area contributed by atoms with Crippen molar-refractivity contribution in [3.8, 4) is 11.5 Å². The van der Waals surface area contributed by atoms with Gasteiger partial charge < -0.3 is 15.2 Å². The average Bonchev–Trinajstić information content (AvgIpc) is 2.68. The van der Waals surface area contributed by atoms with Crippen molar-refractivity contribution < 1.29 is 36.2 Å². The third-order valence-electron chi connectivity index (χ3n) is 4.08. The number of nitrogens with zero attached hydrogens (tertiary/aromatic N) is 1. The first-order valence-electron chi connectivity index (χ1n) is 8.92. The summed E-state index contributed by atoms with van der Waals surface area (Å²) >= 11 is 0. The summed E-state index contributed by atoms with van der Waals surface area (Å²) in [6.45, 7) is 2.42. The Hall–Kier alpha value is -2.79. The largest absolute Gasteiger partial charge is 0.506 e. The number of carbonyl (C=O) groups is 1. The number of alkyl halides is 3. The molecule has 11 heteroatoms. The summed E-state index contributed by atoms with van der Waals surface area (Å²) in [5.41, 5.74) is -0.0450. The second-order valence-electron chi connectivity index (χ2n) is 6.15. The number of rotatable bonds is 8. The van der Waals surface area contributed by atoms with Gasteiger partial charge in [-0.1, -0.05) is 13.8 Å². The number of carbonyl (C=O) groups excluding carboxylic acids is 1. The van der Waals surface area contributed by atoms with Gasteiger partial charge >= 0.3 is 6.18 Å². The van der Waals surface area contributed by atoms with Gasteiger partial charge in [0.15, 0.2) is 6.61 Å². The molecule has 0 atom stereocenters. The maximum atomic E-state index is 12.6. The Morgan fingerprint density at radius 2 is 1.70 bits per heavy atom. The molecule has 0 unspecified atom stereocenters. The number of anilines is 1. The quantitative estimate of drug-likeness (QED) is 0.604. The number of aromatic hydroxyl groups is 1. The van der Waals surface area contributed by atoms with E-state index in [9.17, 15) is 31.5 Å². The third-order valence-corrected chi connectivity index (χ3v) is 6.12. The van der Waals surface area contributed by atoms with Crippen LogP contribution in [0, 0.1) is 0 Å². The fraction of sp³-hybridized carbons (Fsp3) is 0.316. The molecule has 1 amide bonds. The maximum Gasteiger partial charge on any atom is 0.422 e. The van der Waals surface area contributed by atoms with Crippen molar-refractivity contribution in [3.05, 3.63) is 48.0 Å². The number of hydrogen-bond acceptors (Lipinski definition) is 5. The van der Waals surface area contributed by atoms with Crippen LogP contribution >= 0.6 is 0 Å². The van der Waals surface area contributed by atoms with Gasteiger partial charge in [0.05, 0.1) is 10.6 Å². The molecular weight excluding hydrogens is 425 g/mol. The van der Waals surface area contributed by atoms with Gasteiger partial charge in [0.2, 0.25) is 10.0 Å². The lowest BCUT2D eigenvalue weighted by Crippen LogP contribution is -2.30. The Bertz CT molecular complexity index is 988. The topological polar surface area (TPSA) is 95.9 Å². The van der Waals surface area contributed by atoms with Crippen molar-refractivity contribution in [2.24, 2.45) is 0 Å². The summed E-state index contributed by atoms with van der Waals surface area (Å²) in [7, 11) is -3.80. The molecule has 164 valence electrons. The van der Waals surface area contributed by atoms with E-state index in [-0.39, 0.29) is 40.7 Å². The van der Waals surface area contributed by atoms with Crippen LogP contribution < -0.4 is 10.1 Å². The summed E-state index contributed by atoms with van der Waals surface area (Å²) in [6, 6.07) is 8.40. The van der Waals surface area contributed by atoms with E-state index in [0.717, 1.165) is 12.1 Å². The van der Waals surface area contributed by atoms with Crippen molar-refractivity contribution in [2.75, 3.05) is 25.0 Å². The smallest absolute Gasteiger partial charge is 0.422 e. The Balaban J connectivity index is 2.19. The zero-order valence-electron chi connectivity index (χ0n) is 16.2. The number of hydrogen-bond donors (Lipinski definition) is 2. The van der Waals surface area contributed by atoms with Crippen LogP contribution in [0.15, 0.2) is 47.4 Å². The predicted molar refractivity (Wildman–Crippen MR) is 104 cm³/mol. The molecule has 2 rings (SSSR count). The van der Waals surface area contributed by atoms with Crippen LogP contribution in [0.4, 0.5) is 18.9 Å². The molecule has 0 bridgehead atoms. The lowest BCUT2D eigenvalue weighted by Gasteiger charge is -2.19. The Morgan fingerprint density at radius 1 is 1.10 bits per heavy atom. The molecule has 0 aliphatic heterocycles. The standard InChI is InChI=1S/C19H21F3N2O5S/c1-3-24(4-2)30(27,28)15-9-10-17(25)16(11-15)23-18(26)13-5-7-14(8-6-13)29-12-19(20,21)22/h5-11,25H,3-4,12H2,1-2H3,(H,23,26). The van der Waals surface area contributed by atoms with Crippen LogP contribution in [0.25, 0.3) is 0 Å². The summed E-state index contributed by atoms with van der Waals surface area (Å²) in [4.78, 5) is 12.3. The van der Waals surface area contributed by atoms with Crippen LogP contribution in [0.2, 0.25) is 0 Å². The lowest BCUT2D eigenvalue weighted by atomic mass is 10.2. The molecule has 0 heterocycles. The van der Waals surface area contributed by atoms with Gasteiger partial charge in [0.25, 0.3) is 5.91 Å². The Morgan fingerprint density at radius 3 is 2.23 bits per heavy atom. The van der Waals surface area contributed by atoms with Gasteiger partial charge in [0, 0.05) is 18.7 Å². The highest BCUT2D eigenvalue weighted by Gasteiger charge is 2.28. The second-order valence-corrected chi connectivity index (χ2v) is 8.09. The molecule has 2 N–H and O–H groups in total. The fourth-order valence-corrected chi connectivity index (χ4v) is 4.04. The van der Waals surface area contributed by atoms with E-state index in [1.165, 1.54) is 34.6 Å². The van der Waals surface area contributed by atoms with Gasteiger partial charge in [-0.3, -0.25) is 4.79 Å². The summed E-state index contributed by atoms with van der Waals surface area (Å²) in [5, 5.41) is 12.4. The number of amides is 1. The molecule has 0 saturated carbocycles. The summed E-state index contributed by atoms with van der Waals surface area (Å²) < 4.78 is 67.6. The highest BCUT2D eigenvalue weighted by atomic mass is 32.2. The normalized spacial score (nSPS) is 12.1.